The molecule has 4 nitrogen and oxygen atoms in total. The van der Waals surface area contributed by atoms with E-state index >= 15 is 0 Å². The number of aromatic hydroxyl groups is 1. The summed E-state index contributed by atoms with van der Waals surface area (Å²) >= 11 is 1.39. The van der Waals surface area contributed by atoms with Gasteiger partial charge in [-0.25, -0.2) is 4.98 Å². The van der Waals surface area contributed by atoms with Gasteiger partial charge in [-0.15, -0.1) is 0 Å². The maximum atomic E-state index is 12.4. The highest BCUT2D eigenvalue weighted by atomic mass is 32.2. The van der Waals surface area contributed by atoms with E-state index in [4.69, 9.17) is 0 Å². The van der Waals surface area contributed by atoms with Gasteiger partial charge in [0.1, 0.15) is 5.75 Å². The van der Waals surface area contributed by atoms with Crippen molar-refractivity contribution < 1.29 is 9.90 Å². The molecule has 2 heterocycles. The van der Waals surface area contributed by atoms with Crippen LogP contribution in [0.1, 0.15) is 12.0 Å². The van der Waals surface area contributed by atoms with Gasteiger partial charge in [-0.2, -0.15) is 0 Å². The SMILES string of the molecule is O=C(CSc1ccc(O)cn1)N1CCCc2ccccc21. The van der Waals surface area contributed by atoms with Crippen LogP contribution >= 0.6 is 11.8 Å². The average Bonchev–Trinajstić information content (AvgIpc) is 2.53. The molecule has 0 fully saturated rings. The molecule has 2 aromatic rings. The maximum absolute atomic E-state index is 12.4. The van der Waals surface area contributed by atoms with Crippen molar-refractivity contribution in [2.24, 2.45) is 0 Å². The van der Waals surface area contributed by atoms with Crippen LogP contribution < -0.4 is 4.90 Å². The quantitative estimate of drug-likeness (QED) is 0.886. The Balaban J connectivity index is 1.68. The Hall–Kier alpha value is -2.01. The van der Waals surface area contributed by atoms with E-state index in [1.54, 1.807) is 12.1 Å². The summed E-state index contributed by atoms with van der Waals surface area (Å²) in [6.45, 7) is 0.777. The number of hydrogen-bond acceptors (Lipinski definition) is 4. The monoisotopic (exact) mass is 300 g/mol. The van der Waals surface area contributed by atoms with E-state index in [-0.39, 0.29) is 11.7 Å². The molecule has 1 amide bonds. The van der Waals surface area contributed by atoms with Crippen molar-refractivity contribution in [2.45, 2.75) is 17.9 Å². The molecule has 0 radical (unpaired) electrons. The second-order valence-corrected chi connectivity index (χ2v) is 5.92. The van der Waals surface area contributed by atoms with Crippen molar-refractivity contribution >= 4 is 23.4 Å². The second kappa shape index (κ2) is 6.18. The maximum Gasteiger partial charge on any atom is 0.237 e. The lowest BCUT2D eigenvalue weighted by molar-refractivity contribution is -0.116. The average molecular weight is 300 g/mol. The first-order valence-corrected chi connectivity index (χ1v) is 7.89. The largest absolute Gasteiger partial charge is 0.506 e. The Labute approximate surface area is 127 Å². The predicted octanol–water partition coefficient (Wildman–Crippen LogP) is 2.86. The summed E-state index contributed by atoms with van der Waals surface area (Å²) in [5, 5.41) is 9.94. The van der Waals surface area contributed by atoms with Crippen molar-refractivity contribution in [2.75, 3.05) is 17.2 Å². The lowest BCUT2D eigenvalue weighted by Gasteiger charge is -2.29. The van der Waals surface area contributed by atoms with Gasteiger partial charge in [-0.3, -0.25) is 4.79 Å². The minimum Gasteiger partial charge on any atom is -0.506 e. The van der Waals surface area contributed by atoms with Crippen LogP contribution in [-0.2, 0) is 11.2 Å². The lowest BCUT2D eigenvalue weighted by atomic mass is 10.0. The number of anilines is 1. The molecule has 3 rings (SSSR count). The van der Waals surface area contributed by atoms with E-state index in [0.29, 0.717) is 5.75 Å². The molecule has 1 aromatic carbocycles. The number of aryl methyl sites for hydroxylation is 1. The van der Waals surface area contributed by atoms with Crippen LogP contribution in [0, 0.1) is 0 Å². The number of benzene rings is 1. The molecule has 0 atom stereocenters. The van der Waals surface area contributed by atoms with Gasteiger partial charge in [0.25, 0.3) is 0 Å². The number of hydrogen-bond donors (Lipinski definition) is 1. The summed E-state index contributed by atoms with van der Waals surface area (Å²) in [5.41, 5.74) is 2.28. The van der Waals surface area contributed by atoms with Crippen LogP contribution in [0.5, 0.6) is 5.75 Å². The third kappa shape index (κ3) is 3.19. The fourth-order valence-corrected chi connectivity index (χ4v) is 3.18. The molecule has 1 aromatic heterocycles. The number of nitrogens with zero attached hydrogens (tertiary/aromatic N) is 2. The summed E-state index contributed by atoms with van der Waals surface area (Å²) in [6, 6.07) is 11.4. The summed E-state index contributed by atoms with van der Waals surface area (Å²) in [6.07, 6.45) is 3.43. The molecule has 0 spiro atoms. The number of para-hydroxylation sites is 1. The number of aromatic nitrogens is 1. The second-order valence-electron chi connectivity index (χ2n) is 4.92. The third-order valence-electron chi connectivity index (χ3n) is 3.48. The van der Waals surface area contributed by atoms with Crippen LogP contribution in [0.2, 0.25) is 0 Å². The molecule has 0 bridgehead atoms. The summed E-state index contributed by atoms with van der Waals surface area (Å²) in [4.78, 5) is 18.4. The van der Waals surface area contributed by atoms with E-state index in [2.05, 4.69) is 11.1 Å². The van der Waals surface area contributed by atoms with Gasteiger partial charge < -0.3 is 10.0 Å². The fourth-order valence-electron chi connectivity index (χ4n) is 2.46. The minimum atomic E-state index is 0.0991. The predicted molar refractivity (Wildman–Crippen MR) is 83.7 cm³/mol. The normalized spacial score (nSPS) is 13.8. The topological polar surface area (TPSA) is 53.4 Å². The highest BCUT2D eigenvalue weighted by molar-refractivity contribution is 7.99. The summed E-state index contributed by atoms with van der Waals surface area (Å²) in [5.74, 6) is 0.587. The zero-order valence-electron chi connectivity index (χ0n) is 11.5. The van der Waals surface area contributed by atoms with Crippen LogP contribution in [0.15, 0.2) is 47.6 Å². The van der Waals surface area contributed by atoms with Crippen molar-refractivity contribution in [3.63, 3.8) is 0 Å². The van der Waals surface area contributed by atoms with E-state index in [1.165, 1.54) is 23.5 Å². The summed E-state index contributed by atoms with van der Waals surface area (Å²) < 4.78 is 0. The van der Waals surface area contributed by atoms with E-state index in [0.717, 1.165) is 30.1 Å². The molecule has 0 aliphatic carbocycles. The van der Waals surface area contributed by atoms with Gasteiger partial charge in [0, 0.05) is 12.2 Å². The number of thioether (sulfide) groups is 1. The van der Waals surface area contributed by atoms with Gasteiger partial charge in [0.05, 0.1) is 17.0 Å². The summed E-state index contributed by atoms with van der Waals surface area (Å²) in [7, 11) is 0. The molecule has 0 unspecified atom stereocenters. The van der Waals surface area contributed by atoms with Crippen molar-refractivity contribution in [1.29, 1.82) is 0 Å². The molecule has 1 aliphatic heterocycles. The Morgan fingerprint density at radius 2 is 2.14 bits per heavy atom. The van der Waals surface area contributed by atoms with Crippen LogP contribution in [0.4, 0.5) is 5.69 Å². The Kier molecular flexibility index (Phi) is 4.10. The zero-order chi connectivity index (χ0) is 14.7. The molecule has 21 heavy (non-hydrogen) atoms. The van der Waals surface area contributed by atoms with Crippen LogP contribution in [-0.4, -0.2) is 28.3 Å². The van der Waals surface area contributed by atoms with Gasteiger partial charge in [-0.1, -0.05) is 30.0 Å². The Morgan fingerprint density at radius 3 is 2.95 bits per heavy atom. The number of pyridine rings is 1. The molecule has 1 aliphatic rings. The molecule has 0 saturated heterocycles. The van der Waals surface area contributed by atoms with Crippen LogP contribution in [0.3, 0.4) is 0 Å². The standard InChI is InChI=1S/C16H16N2O2S/c19-13-7-8-15(17-10-13)21-11-16(20)18-9-3-5-12-4-1-2-6-14(12)18/h1-2,4,6-8,10,19H,3,5,9,11H2. The van der Waals surface area contributed by atoms with Crippen molar-refractivity contribution in [1.82, 2.24) is 4.98 Å². The van der Waals surface area contributed by atoms with Gasteiger partial charge in [0.15, 0.2) is 0 Å². The smallest absolute Gasteiger partial charge is 0.237 e. The van der Waals surface area contributed by atoms with Crippen molar-refractivity contribution in [3.05, 3.63) is 48.2 Å². The van der Waals surface area contributed by atoms with Gasteiger partial charge >= 0.3 is 0 Å². The lowest BCUT2D eigenvalue weighted by Crippen LogP contribution is -2.36. The minimum absolute atomic E-state index is 0.0991. The number of carbonyl (C=O) groups is 1. The molecule has 5 heteroatoms. The highest BCUT2D eigenvalue weighted by Crippen LogP contribution is 2.28. The first-order valence-electron chi connectivity index (χ1n) is 6.90. The van der Waals surface area contributed by atoms with E-state index in [9.17, 15) is 9.90 Å². The van der Waals surface area contributed by atoms with Crippen LogP contribution in [0.25, 0.3) is 0 Å². The number of carbonyl (C=O) groups excluding carboxylic acids is 1. The molecular weight excluding hydrogens is 284 g/mol. The van der Waals surface area contributed by atoms with E-state index in [1.807, 2.05) is 23.1 Å². The molecular formula is C16H16N2O2S. The van der Waals surface area contributed by atoms with Crippen molar-refractivity contribution in [3.8, 4) is 5.75 Å². The highest BCUT2D eigenvalue weighted by Gasteiger charge is 2.21. The Bertz CT molecular complexity index is 643. The fraction of sp³-hybridized carbons (Fsp3) is 0.250. The third-order valence-corrected chi connectivity index (χ3v) is 4.40. The Morgan fingerprint density at radius 1 is 1.29 bits per heavy atom. The zero-order valence-corrected chi connectivity index (χ0v) is 12.3. The molecule has 108 valence electrons. The van der Waals surface area contributed by atoms with Gasteiger partial charge in [-0.05, 0) is 36.6 Å². The molecule has 0 saturated carbocycles. The molecule has 1 N–H and O–H groups in total. The first-order chi connectivity index (χ1) is 10.2. The van der Waals surface area contributed by atoms with E-state index < -0.39 is 0 Å². The van der Waals surface area contributed by atoms with Gasteiger partial charge in [0.2, 0.25) is 5.91 Å². The number of amides is 1. The number of rotatable bonds is 3. The first kappa shape index (κ1) is 13.9. The number of fused-ring (bicyclic) bond motifs is 1.